The Balaban J connectivity index is 3.92. The van der Waals surface area contributed by atoms with Crippen LogP contribution >= 0.6 is 0 Å². The number of ketones is 3. The Labute approximate surface area is 57.2 Å². The van der Waals surface area contributed by atoms with E-state index in [1.165, 1.54) is 0 Å². The van der Waals surface area contributed by atoms with Crippen LogP contribution in [0.5, 0.6) is 0 Å². The molecular weight excluding hydrogens is 136 g/mol. The van der Waals surface area contributed by atoms with Gasteiger partial charge in [-0.2, -0.15) is 0 Å². The van der Waals surface area contributed by atoms with Crippen LogP contribution in [0.15, 0.2) is 0 Å². The van der Waals surface area contributed by atoms with Gasteiger partial charge in [0.25, 0.3) is 0 Å². The minimum atomic E-state index is -0.861. The van der Waals surface area contributed by atoms with Gasteiger partial charge in [0, 0.05) is 6.92 Å². The first-order valence-corrected chi connectivity index (χ1v) is 2.59. The Kier molecular flexibility index (Phi) is 3.17. The third-order valence-electron chi connectivity index (χ3n) is 0.859. The molecular formula is C6H6O4. The van der Waals surface area contributed by atoms with Gasteiger partial charge in [0.1, 0.15) is 0 Å². The zero-order valence-corrected chi connectivity index (χ0v) is 5.42. The Morgan fingerprint density at radius 3 is 2.10 bits per heavy atom. The number of carbonyl (C=O) groups is 4. The lowest BCUT2D eigenvalue weighted by Crippen LogP contribution is -2.15. The molecule has 0 aromatic heterocycles. The lowest BCUT2D eigenvalue weighted by atomic mass is 10.2. The van der Waals surface area contributed by atoms with Crippen molar-refractivity contribution in [3.05, 3.63) is 0 Å². The van der Waals surface area contributed by atoms with Gasteiger partial charge in [-0.15, -0.1) is 0 Å². The fourth-order valence-corrected chi connectivity index (χ4v) is 0.324. The van der Waals surface area contributed by atoms with Crippen LogP contribution in [-0.4, -0.2) is 23.6 Å². The van der Waals surface area contributed by atoms with Crippen LogP contribution in [0.3, 0.4) is 0 Å². The first kappa shape index (κ1) is 8.68. The Bertz CT molecular complexity index is 192. The zero-order valence-electron chi connectivity index (χ0n) is 5.42. The average Bonchev–Trinajstić information content (AvgIpc) is 1.87. The topological polar surface area (TPSA) is 68.3 Å². The molecule has 0 heterocycles. The van der Waals surface area contributed by atoms with Crippen LogP contribution in [0.25, 0.3) is 0 Å². The maximum Gasteiger partial charge on any atom is 0.205 e. The lowest BCUT2D eigenvalue weighted by Gasteiger charge is -1.86. The monoisotopic (exact) mass is 142 g/mol. The van der Waals surface area contributed by atoms with E-state index in [1.807, 2.05) is 0 Å². The van der Waals surface area contributed by atoms with Crippen molar-refractivity contribution in [1.29, 1.82) is 0 Å². The Morgan fingerprint density at radius 2 is 1.80 bits per heavy atom. The molecule has 0 rings (SSSR count). The minimum absolute atomic E-state index is 0.0286. The van der Waals surface area contributed by atoms with Crippen LogP contribution in [0.1, 0.15) is 13.3 Å². The predicted molar refractivity (Wildman–Crippen MR) is 31.4 cm³/mol. The van der Waals surface area contributed by atoms with E-state index in [9.17, 15) is 19.2 Å². The lowest BCUT2D eigenvalue weighted by molar-refractivity contribution is -0.139. The smallest absolute Gasteiger partial charge is 0.205 e. The van der Waals surface area contributed by atoms with Crippen LogP contribution in [-0.2, 0) is 19.2 Å². The SMILES string of the molecule is CC(=O)C(=O)CC(=O)C=O. The highest BCUT2D eigenvalue weighted by atomic mass is 16.2. The largest absolute Gasteiger partial charge is 0.295 e. The first-order chi connectivity index (χ1) is 4.57. The number of Topliss-reactive ketones (excluding diaryl/α,β-unsaturated/α-hetero) is 3. The summed E-state index contributed by atoms with van der Waals surface area (Å²) in [5.74, 6) is -2.38. The van der Waals surface area contributed by atoms with Crippen molar-refractivity contribution in [3.8, 4) is 0 Å². The zero-order chi connectivity index (χ0) is 8.15. The molecule has 0 N–H and O–H groups in total. The van der Waals surface area contributed by atoms with Gasteiger partial charge in [0.15, 0.2) is 12.1 Å². The van der Waals surface area contributed by atoms with Crippen LogP contribution in [0, 0.1) is 0 Å². The average molecular weight is 142 g/mol. The maximum absolute atomic E-state index is 10.4. The number of rotatable bonds is 4. The van der Waals surface area contributed by atoms with Crippen molar-refractivity contribution in [2.75, 3.05) is 0 Å². The van der Waals surface area contributed by atoms with E-state index >= 15 is 0 Å². The third-order valence-corrected chi connectivity index (χ3v) is 0.859. The molecule has 0 amide bonds. The summed E-state index contributed by atoms with van der Waals surface area (Å²) in [7, 11) is 0. The highest BCUT2D eigenvalue weighted by Crippen LogP contribution is 1.84. The summed E-state index contributed by atoms with van der Waals surface area (Å²) in [6, 6.07) is 0. The van der Waals surface area contributed by atoms with Gasteiger partial charge in [0.2, 0.25) is 11.6 Å². The van der Waals surface area contributed by atoms with E-state index < -0.39 is 23.8 Å². The molecule has 0 radical (unpaired) electrons. The Morgan fingerprint density at radius 1 is 1.30 bits per heavy atom. The second-order valence-corrected chi connectivity index (χ2v) is 1.74. The van der Waals surface area contributed by atoms with E-state index in [0.717, 1.165) is 6.92 Å². The van der Waals surface area contributed by atoms with Crippen LogP contribution in [0.2, 0.25) is 0 Å². The molecule has 0 fully saturated rings. The van der Waals surface area contributed by atoms with Gasteiger partial charge in [-0.25, -0.2) is 0 Å². The molecule has 0 aromatic rings. The van der Waals surface area contributed by atoms with Gasteiger partial charge >= 0.3 is 0 Å². The van der Waals surface area contributed by atoms with Crippen LogP contribution in [0.4, 0.5) is 0 Å². The molecule has 0 spiro atoms. The molecule has 0 aliphatic carbocycles. The van der Waals surface area contributed by atoms with Gasteiger partial charge in [-0.05, 0) is 0 Å². The summed E-state index contributed by atoms with van der Waals surface area (Å²) in [6.45, 7) is 1.06. The van der Waals surface area contributed by atoms with Crippen molar-refractivity contribution in [2.24, 2.45) is 0 Å². The quantitative estimate of drug-likeness (QED) is 0.296. The van der Waals surface area contributed by atoms with Crippen molar-refractivity contribution in [2.45, 2.75) is 13.3 Å². The predicted octanol–water partition coefficient (Wildman–Crippen LogP) is -0.697. The standard InChI is InChI=1S/C6H6O4/c1-4(8)6(10)2-5(9)3-7/h3H,2H2,1H3. The van der Waals surface area contributed by atoms with Gasteiger partial charge < -0.3 is 0 Å². The van der Waals surface area contributed by atoms with E-state index in [4.69, 9.17) is 0 Å². The summed E-state index contributed by atoms with van der Waals surface area (Å²) in [6.07, 6.45) is -0.570. The third kappa shape index (κ3) is 2.86. The molecule has 0 atom stereocenters. The number of carbonyl (C=O) groups excluding carboxylic acids is 4. The minimum Gasteiger partial charge on any atom is -0.295 e. The highest BCUT2D eigenvalue weighted by Gasteiger charge is 2.11. The second-order valence-electron chi connectivity index (χ2n) is 1.74. The van der Waals surface area contributed by atoms with Crippen molar-refractivity contribution in [1.82, 2.24) is 0 Å². The first-order valence-electron chi connectivity index (χ1n) is 2.59. The van der Waals surface area contributed by atoms with Gasteiger partial charge in [-0.1, -0.05) is 0 Å². The maximum atomic E-state index is 10.4. The number of hydrogen-bond donors (Lipinski definition) is 0. The molecule has 4 heteroatoms. The molecule has 0 saturated carbocycles. The molecule has 0 aliphatic heterocycles. The summed E-state index contributed by atoms with van der Waals surface area (Å²) >= 11 is 0. The van der Waals surface area contributed by atoms with Gasteiger partial charge in [0.05, 0.1) is 6.42 Å². The molecule has 4 nitrogen and oxygen atoms in total. The Hall–Kier alpha value is -1.32. The molecule has 10 heavy (non-hydrogen) atoms. The molecule has 54 valence electrons. The normalized spacial score (nSPS) is 8.50. The summed E-state index contributed by atoms with van der Waals surface area (Å²) in [4.78, 5) is 40.4. The fraction of sp³-hybridized carbons (Fsp3) is 0.333. The molecule has 0 aromatic carbocycles. The van der Waals surface area contributed by atoms with Crippen molar-refractivity contribution >= 4 is 23.6 Å². The highest BCUT2D eigenvalue weighted by molar-refractivity contribution is 6.44. The van der Waals surface area contributed by atoms with Crippen molar-refractivity contribution in [3.63, 3.8) is 0 Å². The summed E-state index contributed by atoms with van der Waals surface area (Å²) in [5, 5.41) is 0. The molecule has 0 aliphatic rings. The fourth-order valence-electron chi connectivity index (χ4n) is 0.324. The van der Waals surface area contributed by atoms with Gasteiger partial charge in [-0.3, -0.25) is 19.2 Å². The van der Waals surface area contributed by atoms with E-state index in [0.29, 0.717) is 0 Å². The second kappa shape index (κ2) is 3.66. The van der Waals surface area contributed by atoms with E-state index in [1.54, 1.807) is 0 Å². The summed E-state index contributed by atoms with van der Waals surface area (Å²) < 4.78 is 0. The number of aldehydes is 1. The van der Waals surface area contributed by atoms with Crippen LogP contribution < -0.4 is 0 Å². The molecule has 0 saturated heterocycles. The molecule has 0 unspecified atom stereocenters. The van der Waals surface area contributed by atoms with E-state index in [-0.39, 0.29) is 6.29 Å². The van der Waals surface area contributed by atoms with Crippen molar-refractivity contribution < 1.29 is 19.2 Å². The molecule has 0 bridgehead atoms. The summed E-state index contributed by atoms with van der Waals surface area (Å²) in [5.41, 5.74) is 0. The van der Waals surface area contributed by atoms with E-state index in [2.05, 4.69) is 0 Å². The number of hydrogen-bond acceptors (Lipinski definition) is 4.